The van der Waals surface area contributed by atoms with Crippen molar-refractivity contribution in [3.8, 4) is 0 Å². The molecule has 1 fully saturated rings. The van der Waals surface area contributed by atoms with Gasteiger partial charge in [-0.05, 0) is 43.7 Å². The first-order chi connectivity index (χ1) is 12.4. The Labute approximate surface area is 157 Å². The standard InChI is InChI=1S/C21H34N2O3/c1-14-12-19(22-13-14)18(10-11-26-4)15(2)21(25)23-16(3)20(24)17-8-6-5-7-9-17/h5-9,14-16,18-20,22,24H,10-13H2,1-4H3,(H,23,25)/t14-,15-,16-,18-,19+,20-/m1/s1. The molecule has 2 rings (SSSR count). The highest BCUT2D eigenvalue weighted by Crippen LogP contribution is 2.28. The molecule has 6 atom stereocenters. The van der Waals surface area contributed by atoms with Gasteiger partial charge in [-0.1, -0.05) is 44.2 Å². The highest BCUT2D eigenvalue weighted by Gasteiger charge is 2.35. The van der Waals surface area contributed by atoms with Crippen molar-refractivity contribution in [1.82, 2.24) is 10.6 Å². The third-order valence-corrected chi connectivity index (χ3v) is 5.60. The fourth-order valence-corrected chi connectivity index (χ4v) is 3.90. The molecular weight excluding hydrogens is 328 g/mol. The molecule has 0 radical (unpaired) electrons. The summed E-state index contributed by atoms with van der Waals surface area (Å²) in [6.07, 6.45) is 1.23. The lowest BCUT2D eigenvalue weighted by Crippen LogP contribution is -2.45. The number of methoxy groups -OCH3 is 1. The van der Waals surface area contributed by atoms with Crippen LogP contribution in [0.3, 0.4) is 0 Å². The van der Waals surface area contributed by atoms with Crippen molar-refractivity contribution in [2.24, 2.45) is 17.8 Å². The van der Waals surface area contributed by atoms with Crippen LogP contribution in [-0.4, -0.2) is 43.4 Å². The molecule has 0 bridgehead atoms. The van der Waals surface area contributed by atoms with Gasteiger partial charge in [0.05, 0.1) is 12.1 Å². The molecule has 1 aliphatic rings. The maximum absolute atomic E-state index is 12.8. The molecule has 0 spiro atoms. The van der Waals surface area contributed by atoms with Gasteiger partial charge in [-0.25, -0.2) is 0 Å². The van der Waals surface area contributed by atoms with Crippen molar-refractivity contribution < 1.29 is 14.6 Å². The van der Waals surface area contributed by atoms with Gasteiger partial charge in [0.25, 0.3) is 0 Å². The Kier molecular flexibility index (Phi) is 8.07. The number of aliphatic hydroxyl groups excluding tert-OH is 1. The van der Waals surface area contributed by atoms with Crippen molar-refractivity contribution in [1.29, 1.82) is 0 Å². The lowest BCUT2D eigenvalue weighted by molar-refractivity contribution is -0.128. The molecule has 5 nitrogen and oxygen atoms in total. The highest BCUT2D eigenvalue weighted by molar-refractivity contribution is 5.79. The second kappa shape index (κ2) is 10.0. The predicted octanol–water partition coefficient (Wildman–Crippen LogP) is 2.51. The molecule has 0 aromatic heterocycles. The minimum absolute atomic E-state index is 0.00469. The van der Waals surface area contributed by atoms with Crippen LogP contribution in [0.1, 0.15) is 45.3 Å². The average Bonchev–Trinajstić information content (AvgIpc) is 3.07. The smallest absolute Gasteiger partial charge is 0.223 e. The van der Waals surface area contributed by atoms with Gasteiger partial charge in [-0.2, -0.15) is 0 Å². The van der Waals surface area contributed by atoms with Crippen LogP contribution in [0.15, 0.2) is 30.3 Å². The van der Waals surface area contributed by atoms with E-state index in [0.717, 1.165) is 24.9 Å². The van der Waals surface area contributed by atoms with Crippen LogP contribution in [0.2, 0.25) is 0 Å². The van der Waals surface area contributed by atoms with E-state index in [9.17, 15) is 9.90 Å². The van der Waals surface area contributed by atoms with Crippen LogP contribution in [0.25, 0.3) is 0 Å². The molecule has 0 saturated carbocycles. The monoisotopic (exact) mass is 362 g/mol. The maximum Gasteiger partial charge on any atom is 0.223 e. The first kappa shape index (κ1) is 20.9. The van der Waals surface area contributed by atoms with Crippen LogP contribution >= 0.6 is 0 Å². The Morgan fingerprint density at radius 2 is 2.04 bits per heavy atom. The Morgan fingerprint density at radius 3 is 2.62 bits per heavy atom. The number of hydrogen-bond donors (Lipinski definition) is 3. The summed E-state index contributed by atoms with van der Waals surface area (Å²) >= 11 is 0. The van der Waals surface area contributed by atoms with Crippen LogP contribution in [0, 0.1) is 17.8 Å². The Balaban J connectivity index is 1.98. The van der Waals surface area contributed by atoms with Crippen molar-refractivity contribution in [3.63, 3.8) is 0 Å². The van der Waals surface area contributed by atoms with Gasteiger partial charge in [0.1, 0.15) is 0 Å². The average molecular weight is 363 g/mol. The van der Waals surface area contributed by atoms with Gasteiger partial charge in [0.2, 0.25) is 5.91 Å². The van der Waals surface area contributed by atoms with E-state index in [2.05, 4.69) is 17.6 Å². The molecule has 0 unspecified atom stereocenters. The quantitative estimate of drug-likeness (QED) is 0.631. The number of carbonyl (C=O) groups is 1. The third kappa shape index (κ3) is 5.53. The van der Waals surface area contributed by atoms with E-state index in [1.54, 1.807) is 7.11 Å². The molecular formula is C21H34N2O3. The first-order valence-electron chi connectivity index (χ1n) is 9.69. The molecule has 1 saturated heterocycles. The minimum atomic E-state index is -0.714. The zero-order valence-corrected chi connectivity index (χ0v) is 16.4. The maximum atomic E-state index is 12.8. The van der Waals surface area contributed by atoms with Crippen LogP contribution < -0.4 is 10.6 Å². The second-order valence-corrected chi connectivity index (χ2v) is 7.74. The van der Waals surface area contributed by atoms with Crippen molar-refractivity contribution in [3.05, 3.63) is 35.9 Å². The molecule has 3 N–H and O–H groups in total. The topological polar surface area (TPSA) is 70.6 Å². The molecule has 26 heavy (non-hydrogen) atoms. The molecule has 1 aromatic carbocycles. The number of carbonyl (C=O) groups excluding carboxylic acids is 1. The fourth-order valence-electron chi connectivity index (χ4n) is 3.90. The zero-order valence-electron chi connectivity index (χ0n) is 16.4. The van der Waals surface area contributed by atoms with Gasteiger partial charge in [0, 0.05) is 25.7 Å². The largest absolute Gasteiger partial charge is 0.386 e. The van der Waals surface area contributed by atoms with Crippen molar-refractivity contribution in [2.75, 3.05) is 20.3 Å². The van der Waals surface area contributed by atoms with E-state index in [1.807, 2.05) is 44.2 Å². The zero-order chi connectivity index (χ0) is 19.1. The number of hydrogen-bond acceptors (Lipinski definition) is 4. The number of rotatable bonds is 9. The Hall–Kier alpha value is -1.43. The summed E-state index contributed by atoms with van der Waals surface area (Å²) in [4.78, 5) is 12.8. The van der Waals surface area contributed by atoms with E-state index >= 15 is 0 Å². The Bertz CT molecular complexity index is 551. The number of amides is 1. The second-order valence-electron chi connectivity index (χ2n) is 7.74. The molecule has 1 aliphatic heterocycles. The summed E-state index contributed by atoms with van der Waals surface area (Å²) in [5, 5.41) is 17.1. The highest BCUT2D eigenvalue weighted by atomic mass is 16.5. The van der Waals surface area contributed by atoms with Gasteiger partial charge in [-0.15, -0.1) is 0 Å². The first-order valence-corrected chi connectivity index (χ1v) is 9.69. The molecule has 146 valence electrons. The van der Waals surface area contributed by atoms with E-state index in [1.165, 1.54) is 0 Å². The van der Waals surface area contributed by atoms with Crippen LogP contribution in [0.5, 0.6) is 0 Å². The summed E-state index contributed by atoms with van der Waals surface area (Å²) in [5.74, 6) is 0.716. The van der Waals surface area contributed by atoms with Crippen molar-refractivity contribution in [2.45, 2.75) is 51.8 Å². The van der Waals surface area contributed by atoms with Gasteiger partial charge >= 0.3 is 0 Å². The van der Waals surface area contributed by atoms with Gasteiger partial charge in [-0.3, -0.25) is 4.79 Å². The summed E-state index contributed by atoms with van der Waals surface area (Å²) in [6.45, 7) is 7.73. The summed E-state index contributed by atoms with van der Waals surface area (Å²) in [6, 6.07) is 9.45. The number of ether oxygens (including phenoxy) is 1. The fraction of sp³-hybridized carbons (Fsp3) is 0.667. The predicted molar refractivity (Wildman–Crippen MR) is 104 cm³/mol. The summed E-state index contributed by atoms with van der Waals surface area (Å²) in [7, 11) is 1.70. The summed E-state index contributed by atoms with van der Waals surface area (Å²) < 4.78 is 5.27. The van der Waals surface area contributed by atoms with Crippen molar-refractivity contribution >= 4 is 5.91 Å². The summed E-state index contributed by atoms with van der Waals surface area (Å²) in [5.41, 5.74) is 0.815. The number of benzene rings is 1. The molecule has 1 amide bonds. The van der Waals surface area contributed by atoms with Gasteiger partial charge < -0.3 is 20.5 Å². The minimum Gasteiger partial charge on any atom is -0.386 e. The molecule has 5 heteroatoms. The lowest BCUT2D eigenvalue weighted by Gasteiger charge is -2.30. The van der Waals surface area contributed by atoms with E-state index in [4.69, 9.17) is 4.74 Å². The van der Waals surface area contributed by atoms with E-state index in [-0.39, 0.29) is 23.8 Å². The van der Waals surface area contributed by atoms with E-state index < -0.39 is 6.10 Å². The van der Waals surface area contributed by atoms with Gasteiger partial charge in [0.15, 0.2) is 0 Å². The SMILES string of the molecule is COCC[C@@H]([C@@H]1C[C@@H](C)CN1)[C@@H](C)C(=O)N[C@H](C)[C@@H](O)c1ccccc1. The third-order valence-electron chi connectivity index (χ3n) is 5.60. The Morgan fingerprint density at radius 1 is 1.35 bits per heavy atom. The molecule has 1 aromatic rings. The lowest BCUT2D eigenvalue weighted by atomic mass is 9.82. The van der Waals surface area contributed by atoms with E-state index in [0.29, 0.717) is 18.6 Å². The molecule has 1 heterocycles. The number of nitrogens with one attached hydrogen (secondary N) is 2. The van der Waals surface area contributed by atoms with Crippen LogP contribution in [0.4, 0.5) is 0 Å². The normalized spacial score (nSPS) is 24.7. The molecule has 0 aliphatic carbocycles. The van der Waals surface area contributed by atoms with Crippen LogP contribution in [-0.2, 0) is 9.53 Å². The number of aliphatic hydroxyl groups is 1.